The molecule has 144 valence electrons. The maximum atomic E-state index is 8.94. The molecule has 0 spiro atoms. The highest BCUT2D eigenvalue weighted by atomic mass is 16.3. The Kier molecular flexibility index (Phi) is 1.57. The fourth-order valence-corrected chi connectivity index (χ4v) is 4.02. The van der Waals surface area contributed by atoms with Gasteiger partial charge in [0, 0.05) is 27.3 Å². The molecule has 0 radical (unpaired) electrons. The van der Waals surface area contributed by atoms with Crippen molar-refractivity contribution in [2.24, 2.45) is 0 Å². The largest absolute Gasteiger partial charge is 0.455 e. The highest BCUT2D eigenvalue weighted by Crippen LogP contribution is 2.43. The first-order chi connectivity index (χ1) is 21.6. The maximum absolute atomic E-state index is 8.94. The number of hydrogen-bond donors (Lipinski definition) is 0. The van der Waals surface area contributed by atoms with E-state index in [2.05, 4.69) is 0 Å². The molecule has 0 amide bonds. The van der Waals surface area contributed by atoms with Crippen LogP contribution in [0.5, 0.6) is 0 Å². The van der Waals surface area contributed by atoms with Crippen molar-refractivity contribution in [2.75, 3.05) is 0 Å². The lowest BCUT2D eigenvalue weighted by Gasteiger charge is -2.12. The first-order valence-corrected chi connectivity index (χ1v) is 9.40. The maximum Gasteiger partial charge on any atom is 0.143 e. The van der Waals surface area contributed by atoms with Gasteiger partial charge in [-0.2, -0.15) is 0 Å². The molecule has 0 aliphatic carbocycles. The summed E-state index contributed by atoms with van der Waals surface area (Å²) in [5, 5.41) is -1.03. The van der Waals surface area contributed by atoms with Crippen LogP contribution in [0.25, 0.3) is 65.4 Å². The van der Waals surface area contributed by atoms with Crippen molar-refractivity contribution in [2.45, 2.75) is 0 Å². The van der Waals surface area contributed by atoms with Crippen LogP contribution in [0.2, 0.25) is 0 Å². The predicted octanol–water partition coefficient (Wildman–Crippen LogP) is 8.71. The average molecular weight is 410 g/mol. The first-order valence-electron chi connectivity index (χ1n) is 16.9. The van der Waals surface area contributed by atoms with Gasteiger partial charge >= 0.3 is 0 Å². The summed E-state index contributed by atoms with van der Waals surface area (Å²) in [6, 6.07) is -3.78. The minimum Gasteiger partial charge on any atom is -0.455 e. The molecular formula is C30H18O. The van der Waals surface area contributed by atoms with Gasteiger partial charge in [0.05, 0.1) is 20.6 Å². The summed E-state index contributed by atoms with van der Waals surface area (Å²) in [7, 11) is 0. The van der Waals surface area contributed by atoms with Gasteiger partial charge in [0.15, 0.2) is 0 Å². The Labute approximate surface area is 200 Å². The van der Waals surface area contributed by atoms with Crippen LogP contribution in [-0.2, 0) is 0 Å². The molecule has 31 heavy (non-hydrogen) atoms. The first kappa shape index (κ1) is 7.86. The molecule has 1 aromatic heterocycles. The number of furan rings is 1. The van der Waals surface area contributed by atoms with Crippen LogP contribution in [0.1, 0.15) is 20.6 Å². The Balaban J connectivity index is 1.82. The van der Waals surface area contributed by atoms with Crippen molar-refractivity contribution in [3.8, 4) is 11.1 Å². The molecule has 0 saturated heterocycles. The molecule has 7 aromatic rings. The van der Waals surface area contributed by atoms with Gasteiger partial charge in [-0.05, 0) is 39.0 Å². The number of hydrogen-bond acceptors (Lipinski definition) is 1. The van der Waals surface area contributed by atoms with E-state index in [1.807, 2.05) is 0 Å². The van der Waals surface area contributed by atoms with E-state index >= 15 is 0 Å². The van der Waals surface area contributed by atoms with Gasteiger partial charge in [-0.3, -0.25) is 0 Å². The van der Waals surface area contributed by atoms with Crippen LogP contribution in [0, 0.1) is 0 Å². The van der Waals surface area contributed by atoms with Gasteiger partial charge in [-0.1, -0.05) is 96.8 Å². The Morgan fingerprint density at radius 2 is 1.16 bits per heavy atom. The van der Waals surface area contributed by atoms with Gasteiger partial charge in [0.25, 0.3) is 0 Å². The van der Waals surface area contributed by atoms with Crippen LogP contribution in [0.4, 0.5) is 0 Å². The third-order valence-electron chi connectivity index (χ3n) is 5.34. The molecule has 0 fully saturated rings. The van der Waals surface area contributed by atoms with Gasteiger partial charge in [-0.25, -0.2) is 0 Å². The lowest BCUT2D eigenvalue weighted by molar-refractivity contribution is 0.674. The smallest absolute Gasteiger partial charge is 0.143 e. The predicted molar refractivity (Wildman–Crippen MR) is 132 cm³/mol. The fourth-order valence-electron chi connectivity index (χ4n) is 4.02. The molecule has 0 saturated carbocycles. The van der Waals surface area contributed by atoms with E-state index in [-0.39, 0.29) is 71.4 Å². The van der Waals surface area contributed by atoms with Crippen LogP contribution < -0.4 is 0 Å². The summed E-state index contributed by atoms with van der Waals surface area (Å²) in [5.74, 6) is 0. The molecule has 0 aliphatic heterocycles. The molecule has 1 nitrogen and oxygen atoms in total. The van der Waals surface area contributed by atoms with E-state index in [0.29, 0.717) is 0 Å². The zero-order valence-corrected chi connectivity index (χ0v) is 15.6. The Hall–Kier alpha value is -4.10. The van der Waals surface area contributed by atoms with Gasteiger partial charge in [0.1, 0.15) is 11.2 Å². The Morgan fingerprint density at radius 3 is 1.90 bits per heavy atom. The summed E-state index contributed by atoms with van der Waals surface area (Å²) in [6.45, 7) is 0. The van der Waals surface area contributed by atoms with E-state index in [9.17, 15) is 0 Å². The molecule has 1 heteroatoms. The number of rotatable bonds is 1. The second-order valence-electron chi connectivity index (χ2n) is 6.99. The second kappa shape index (κ2) is 6.20. The van der Waals surface area contributed by atoms with Gasteiger partial charge in [-0.15, -0.1) is 0 Å². The Morgan fingerprint density at radius 1 is 0.516 bits per heavy atom. The van der Waals surface area contributed by atoms with Crippen molar-refractivity contribution >= 4 is 54.3 Å². The van der Waals surface area contributed by atoms with E-state index in [4.69, 9.17) is 25.0 Å². The lowest BCUT2D eigenvalue weighted by Crippen LogP contribution is -1.86. The van der Waals surface area contributed by atoms with Crippen molar-refractivity contribution in [3.05, 3.63) is 109 Å². The highest BCUT2D eigenvalue weighted by molar-refractivity contribution is 6.21. The quantitative estimate of drug-likeness (QED) is 0.247. The van der Waals surface area contributed by atoms with Crippen LogP contribution in [-0.4, -0.2) is 0 Å². The van der Waals surface area contributed by atoms with Crippen molar-refractivity contribution in [3.63, 3.8) is 0 Å². The van der Waals surface area contributed by atoms with Gasteiger partial charge < -0.3 is 4.42 Å². The molecule has 0 atom stereocenters. The lowest BCUT2D eigenvalue weighted by atomic mass is 9.91. The van der Waals surface area contributed by atoms with Crippen LogP contribution in [0.3, 0.4) is 0 Å². The summed E-state index contributed by atoms with van der Waals surface area (Å²) >= 11 is 0. The van der Waals surface area contributed by atoms with E-state index in [1.54, 1.807) is 6.07 Å². The zero-order valence-electron chi connectivity index (χ0n) is 30.6. The highest BCUT2D eigenvalue weighted by Gasteiger charge is 2.17. The SMILES string of the molecule is [2H]c1c([2H])c([2H])c2c(-c3cccc4c3oc3c5c([2H])c([2H])c([2H])c([2H])c5c([2H])c([2H])c43)c3c([2H])c([2H])c([2H])c([2H])c3c([2H])c2c1[2H]. The molecule has 6 aromatic carbocycles. The van der Waals surface area contributed by atoms with E-state index in [0.717, 1.165) is 0 Å². The minimum absolute atomic E-state index is 0.0227. The van der Waals surface area contributed by atoms with Crippen molar-refractivity contribution in [1.29, 1.82) is 0 Å². The standard InChI is InChI=1S/C30H18O/c1-6-13-24-19(8-1)16-17-26-25-14-7-15-27(30(25)31-29(24)26)28-22-11-4-2-9-20(22)18-21-10-3-5-12-23(21)28/h1-18H/i1D,2D,3D,4D,5D,6D,8D,9D,10D,11D,12D,13D,16D,17D,18D. The van der Waals surface area contributed by atoms with Crippen molar-refractivity contribution in [1.82, 2.24) is 0 Å². The third-order valence-corrected chi connectivity index (χ3v) is 5.34. The molecule has 0 aliphatic rings. The third kappa shape index (κ3) is 2.32. The fraction of sp³-hybridized carbons (Fsp3) is 0. The summed E-state index contributed by atoms with van der Waals surface area (Å²) < 4.78 is 134. The molecule has 1 heterocycles. The molecule has 0 bridgehead atoms. The van der Waals surface area contributed by atoms with E-state index in [1.165, 1.54) is 12.1 Å². The topological polar surface area (TPSA) is 13.1 Å². The monoisotopic (exact) mass is 409 g/mol. The Bertz CT molecular complexity index is 2510. The number of benzene rings is 6. The number of fused-ring (bicyclic) bond motifs is 7. The summed E-state index contributed by atoms with van der Waals surface area (Å²) in [4.78, 5) is 0. The number of para-hydroxylation sites is 1. The molecule has 0 unspecified atom stereocenters. The normalized spacial score (nSPS) is 18.6. The second-order valence-corrected chi connectivity index (χ2v) is 6.99. The van der Waals surface area contributed by atoms with Crippen LogP contribution >= 0.6 is 0 Å². The average Bonchev–Trinajstić information content (AvgIpc) is 3.43. The minimum atomic E-state index is -0.637. The van der Waals surface area contributed by atoms with Crippen molar-refractivity contribution < 1.29 is 25.0 Å². The summed E-state index contributed by atoms with van der Waals surface area (Å²) in [6.07, 6.45) is 0. The summed E-state index contributed by atoms with van der Waals surface area (Å²) in [5.41, 5.74) is -0.141. The van der Waals surface area contributed by atoms with Crippen LogP contribution in [0.15, 0.2) is 113 Å². The zero-order chi connectivity index (χ0) is 33.4. The van der Waals surface area contributed by atoms with E-state index < -0.39 is 84.6 Å². The molecule has 0 N–H and O–H groups in total. The van der Waals surface area contributed by atoms with Gasteiger partial charge in [0.2, 0.25) is 0 Å². The molecule has 7 rings (SSSR count). The molecular weight excluding hydrogens is 376 g/mol.